The van der Waals surface area contributed by atoms with Gasteiger partial charge in [0, 0.05) is 5.25 Å². The van der Waals surface area contributed by atoms with E-state index in [0.717, 1.165) is 5.03 Å². The third-order valence-electron chi connectivity index (χ3n) is 1.84. The second-order valence-electron chi connectivity index (χ2n) is 3.37. The molecule has 0 spiro atoms. The van der Waals surface area contributed by atoms with E-state index in [4.69, 9.17) is 10.5 Å². The maximum atomic E-state index is 11.2. The predicted octanol–water partition coefficient (Wildman–Crippen LogP) is 2.10. The molecule has 0 radical (unpaired) electrons. The summed E-state index contributed by atoms with van der Waals surface area (Å²) in [5, 5.41) is 1.01. The molecular weight excluding hydrogens is 224 g/mol. The molecule has 88 valence electrons. The van der Waals surface area contributed by atoms with Gasteiger partial charge < -0.3 is 10.5 Å². The van der Waals surface area contributed by atoms with Crippen molar-refractivity contribution in [3.8, 4) is 0 Å². The van der Waals surface area contributed by atoms with Crippen LogP contribution in [0.3, 0.4) is 0 Å². The van der Waals surface area contributed by atoms with Gasteiger partial charge in [-0.15, -0.1) is 11.8 Å². The van der Waals surface area contributed by atoms with Crippen molar-refractivity contribution in [2.24, 2.45) is 0 Å². The van der Waals surface area contributed by atoms with Crippen molar-refractivity contribution in [3.05, 3.63) is 18.3 Å². The molecule has 0 saturated heterocycles. The third kappa shape index (κ3) is 4.53. The normalized spacial score (nSPS) is 12.1. The number of aromatic nitrogens is 1. The number of esters is 1. The van der Waals surface area contributed by atoms with Crippen LogP contribution in [0.15, 0.2) is 23.4 Å². The fourth-order valence-corrected chi connectivity index (χ4v) is 2.06. The minimum Gasteiger partial charge on any atom is -0.466 e. The lowest BCUT2D eigenvalue weighted by Crippen LogP contribution is -2.10. The summed E-state index contributed by atoms with van der Waals surface area (Å²) in [5.41, 5.74) is 6.17. The first-order chi connectivity index (χ1) is 7.61. The molecule has 0 aliphatic rings. The molecule has 0 aliphatic carbocycles. The molecule has 1 aromatic heterocycles. The standard InChI is InChI=1S/C11H16N2O2S/c1-3-15-11(14)6-8(2)16-10-5-4-9(12)7-13-10/h4-5,7-8H,3,6,12H2,1-2H3. The number of nitrogens with two attached hydrogens (primary N) is 1. The molecule has 1 aromatic rings. The van der Waals surface area contributed by atoms with E-state index in [9.17, 15) is 4.79 Å². The molecule has 0 amide bonds. The van der Waals surface area contributed by atoms with Crippen LogP contribution in [0, 0.1) is 0 Å². The predicted molar refractivity (Wildman–Crippen MR) is 65.2 cm³/mol. The number of anilines is 1. The lowest BCUT2D eigenvalue weighted by atomic mass is 10.3. The minimum absolute atomic E-state index is 0.148. The van der Waals surface area contributed by atoms with Crippen molar-refractivity contribution in [2.45, 2.75) is 30.5 Å². The quantitative estimate of drug-likeness (QED) is 0.630. The number of nitrogens with zero attached hydrogens (tertiary/aromatic N) is 1. The molecule has 0 saturated carbocycles. The fourth-order valence-electron chi connectivity index (χ4n) is 1.16. The van der Waals surface area contributed by atoms with E-state index in [2.05, 4.69) is 4.98 Å². The largest absolute Gasteiger partial charge is 0.466 e. The number of ether oxygens (including phenoxy) is 1. The lowest BCUT2D eigenvalue weighted by Gasteiger charge is -2.09. The Balaban J connectivity index is 2.42. The summed E-state index contributed by atoms with van der Waals surface area (Å²) in [7, 11) is 0. The zero-order chi connectivity index (χ0) is 12.0. The molecule has 0 bridgehead atoms. The summed E-state index contributed by atoms with van der Waals surface area (Å²) in [5.74, 6) is -0.169. The summed E-state index contributed by atoms with van der Waals surface area (Å²) in [6.07, 6.45) is 2.00. The Labute approximate surface area is 99.6 Å². The number of thioether (sulfide) groups is 1. The van der Waals surface area contributed by atoms with Crippen LogP contribution < -0.4 is 5.73 Å². The molecule has 1 rings (SSSR count). The zero-order valence-corrected chi connectivity index (χ0v) is 10.3. The zero-order valence-electron chi connectivity index (χ0n) is 9.47. The molecular formula is C11H16N2O2S. The van der Waals surface area contributed by atoms with Crippen molar-refractivity contribution in [3.63, 3.8) is 0 Å². The Morgan fingerprint density at radius 2 is 2.38 bits per heavy atom. The smallest absolute Gasteiger partial charge is 0.306 e. The highest BCUT2D eigenvalue weighted by molar-refractivity contribution is 7.99. The van der Waals surface area contributed by atoms with Gasteiger partial charge in [-0.2, -0.15) is 0 Å². The van der Waals surface area contributed by atoms with Gasteiger partial charge in [-0.1, -0.05) is 6.92 Å². The Kier molecular flexibility index (Phi) is 5.11. The number of hydrogen-bond acceptors (Lipinski definition) is 5. The Morgan fingerprint density at radius 3 is 2.94 bits per heavy atom. The third-order valence-corrected chi connectivity index (χ3v) is 2.89. The summed E-state index contributed by atoms with van der Waals surface area (Å²) in [4.78, 5) is 15.4. The van der Waals surface area contributed by atoms with Crippen molar-refractivity contribution < 1.29 is 9.53 Å². The molecule has 0 aromatic carbocycles. The molecule has 0 aliphatic heterocycles. The molecule has 4 nitrogen and oxygen atoms in total. The summed E-state index contributed by atoms with van der Waals surface area (Å²) >= 11 is 1.54. The van der Waals surface area contributed by atoms with Crippen LogP contribution in [0.4, 0.5) is 5.69 Å². The van der Waals surface area contributed by atoms with Gasteiger partial charge in [0.05, 0.1) is 29.9 Å². The topological polar surface area (TPSA) is 65.2 Å². The molecule has 0 fully saturated rings. The van der Waals surface area contributed by atoms with Crippen LogP contribution in [0.25, 0.3) is 0 Å². The van der Waals surface area contributed by atoms with E-state index < -0.39 is 0 Å². The van der Waals surface area contributed by atoms with Crippen LogP contribution in [0.5, 0.6) is 0 Å². The molecule has 1 unspecified atom stereocenters. The Bertz CT molecular complexity index is 340. The second kappa shape index (κ2) is 6.37. The first-order valence-corrected chi connectivity index (χ1v) is 6.03. The summed E-state index contributed by atoms with van der Waals surface area (Å²) in [6, 6.07) is 3.65. The van der Waals surface area contributed by atoms with Crippen LogP contribution in [-0.2, 0) is 9.53 Å². The van der Waals surface area contributed by atoms with Gasteiger partial charge in [-0.05, 0) is 19.1 Å². The van der Waals surface area contributed by atoms with Crippen molar-refractivity contribution in [2.75, 3.05) is 12.3 Å². The molecule has 5 heteroatoms. The van der Waals surface area contributed by atoms with Crippen LogP contribution in [-0.4, -0.2) is 22.8 Å². The molecule has 1 heterocycles. The maximum absolute atomic E-state index is 11.2. The van der Waals surface area contributed by atoms with E-state index in [-0.39, 0.29) is 11.2 Å². The van der Waals surface area contributed by atoms with E-state index in [1.165, 1.54) is 11.8 Å². The summed E-state index contributed by atoms with van der Waals surface area (Å²) in [6.45, 7) is 4.20. The van der Waals surface area contributed by atoms with Crippen molar-refractivity contribution >= 4 is 23.4 Å². The number of hydrogen-bond donors (Lipinski definition) is 1. The highest BCUT2D eigenvalue weighted by Crippen LogP contribution is 2.23. The second-order valence-corrected chi connectivity index (χ2v) is 4.83. The molecule has 1 atom stereocenters. The average Bonchev–Trinajstić information content (AvgIpc) is 2.21. The van der Waals surface area contributed by atoms with Gasteiger partial charge in [0.1, 0.15) is 0 Å². The highest BCUT2D eigenvalue weighted by Gasteiger charge is 2.11. The number of carbonyl (C=O) groups excluding carboxylic acids is 1. The van der Waals surface area contributed by atoms with Gasteiger partial charge in [0.25, 0.3) is 0 Å². The van der Waals surface area contributed by atoms with E-state index in [1.807, 2.05) is 13.0 Å². The average molecular weight is 240 g/mol. The van der Waals surface area contributed by atoms with Crippen molar-refractivity contribution in [1.82, 2.24) is 4.98 Å². The van der Waals surface area contributed by atoms with Crippen LogP contribution in [0.1, 0.15) is 20.3 Å². The van der Waals surface area contributed by atoms with Gasteiger partial charge in [0.2, 0.25) is 0 Å². The SMILES string of the molecule is CCOC(=O)CC(C)Sc1ccc(N)cn1. The first kappa shape index (κ1) is 12.8. The first-order valence-electron chi connectivity index (χ1n) is 5.15. The highest BCUT2D eigenvalue weighted by atomic mass is 32.2. The minimum atomic E-state index is -0.169. The van der Waals surface area contributed by atoms with Crippen LogP contribution >= 0.6 is 11.8 Å². The number of pyridine rings is 1. The van der Waals surface area contributed by atoms with E-state index in [0.29, 0.717) is 18.7 Å². The van der Waals surface area contributed by atoms with E-state index >= 15 is 0 Å². The monoisotopic (exact) mass is 240 g/mol. The summed E-state index contributed by atoms with van der Waals surface area (Å²) < 4.78 is 4.88. The molecule has 16 heavy (non-hydrogen) atoms. The number of carbonyl (C=O) groups is 1. The van der Waals surface area contributed by atoms with Gasteiger partial charge in [0.15, 0.2) is 0 Å². The fraction of sp³-hybridized carbons (Fsp3) is 0.455. The number of nitrogen functional groups attached to an aromatic ring is 1. The van der Waals surface area contributed by atoms with Gasteiger partial charge in [-0.3, -0.25) is 4.79 Å². The number of rotatable bonds is 5. The Hall–Kier alpha value is -1.23. The molecule has 2 N–H and O–H groups in total. The van der Waals surface area contributed by atoms with Gasteiger partial charge >= 0.3 is 5.97 Å². The maximum Gasteiger partial charge on any atom is 0.306 e. The Morgan fingerprint density at radius 1 is 1.62 bits per heavy atom. The van der Waals surface area contributed by atoms with Crippen molar-refractivity contribution in [1.29, 1.82) is 0 Å². The van der Waals surface area contributed by atoms with Crippen LogP contribution in [0.2, 0.25) is 0 Å². The van der Waals surface area contributed by atoms with Gasteiger partial charge in [-0.25, -0.2) is 4.98 Å². The lowest BCUT2D eigenvalue weighted by molar-refractivity contribution is -0.142. The van der Waals surface area contributed by atoms with E-state index in [1.54, 1.807) is 19.2 Å².